The molecule has 0 aliphatic carbocycles. The van der Waals surface area contributed by atoms with Gasteiger partial charge in [-0.25, -0.2) is 9.50 Å². The molecule has 1 N–H and O–H groups in total. The van der Waals surface area contributed by atoms with E-state index >= 15 is 0 Å². The van der Waals surface area contributed by atoms with Crippen molar-refractivity contribution in [1.82, 2.24) is 24.4 Å². The molecule has 0 aliphatic rings. The van der Waals surface area contributed by atoms with Crippen LogP contribution in [0.4, 0.5) is 5.82 Å². The number of amides is 1. The number of anilines is 1. The molecule has 1 aromatic carbocycles. The van der Waals surface area contributed by atoms with E-state index in [0.717, 1.165) is 28.3 Å². The van der Waals surface area contributed by atoms with Gasteiger partial charge in [0, 0.05) is 28.7 Å². The Morgan fingerprint density at radius 1 is 0.929 bits per heavy atom. The van der Waals surface area contributed by atoms with Gasteiger partial charge in [0.2, 0.25) is 0 Å². The van der Waals surface area contributed by atoms with Gasteiger partial charge in [-0.3, -0.25) is 9.48 Å². The van der Waals surface area contributed by atoms with E-state index in [-0.39, 0.29) is 5.91 Å². The minimum Gasteiger partial charge on any atom is -0.305 e. The van der Waals surface area contributed by atoms with E-state index in [4.69, 9.17) is 0 Å². The van der Waals surface area contributed by atoms with Crippen LogP contribution >= 0.6 is 0 Å². The number of benzene rings is 1. The fourth-order valence-electron chi connectivity index (χ4n) is 3.31. The third-order valence-corrected chi connectivity index (χ3v) is 4.63. The first-order valence-electron chi connectivity index (χ1n) is 9.14. The van der Waals surface area contributed by atoms with Crippen molar-refractivity contribution in [3.8, 4) is 0 Å². The Labute approximate surface area is 163 Å². The molecule has 0 fully saturated rings. The lowest BCUT2D eigenvalue weighted by Gasteiger charge is -2.06. The van der Waals surface area contributed by atoms with E-state index in [9.17, 15) is 4.79 Å². The van der Waals surface area contributed by atoms with Gasteiger partial charge >= 0.3 is 0 Å². The number of nitrogens with one attached hydrogen (secondary N) is 1. The van der Waals surface area contributed by atoms with Crippen LogP contribution in [0, 0.1) is 27.7 Å². The number of hydrogen-bond donors (Lipinski definition) is 1. The van der Waals surface area contributed by atoms with E-state index in [2.05, 4.69) is 26.6 Å². The van der Waals surface area contributed by atoms with Gasteiger partial charge in [0.1, 0.15) is 0 Å². The standard InChI is InChI=1S/C21H22N6O/c1-13-9-16(4)27-20(22-13)11-19(25-27)23-21(28)18-7-5-17(6-8-18)12-26-15(3)10-14(2)24-26/h5-11H,12H2,1-4H3,(H,23,25,28). The molecular formula is C21H22N6O. The van der Waals surface area contributed by atoms with Crippen molar-refractivity contribution in [3.63, 3.8) is 0 Å². The highest BCUT2D eigenvalue weighted by Gasteiger charge is 2.11. The summed E-state index contributed by atoms with van der Waals surface area (Å²) in [5, 5.41) is 11.7. The number of carbonyl (C=O) groups is 1. The van der Waals surface area contributed by atoms with Crippen molar-refractivity contribution in [2.75, 3.05) is 5.32 Å². The summed E-state index contributed by atoms with van der Waals surface area (Å²) in [4.78, 5) is 17.0. The number of nitrogens with zero attached hydrogens (tertiary/aromatic N) is 5. The summed E-state index contributed by atoms with van der Waals surface area (Å²) in [6.45, 7) is 8.59. The summed E-state index contributed by atoms with van der Waals surface area (Å²) in [5.74, 6) is 0.286. The Morgan fingerprint density at radius 3 is 2.32 bits per heavy atom. The van der Waals surface area contributed by atoms with Crippen LogP contribution in [-0.2, 0) is 6.54 Å². The number of carbonyl (C=O) groups excluding carboxylic acids is 1. The van der Waals surface area contributed by atoms with E-state index in [0.29, 0.717) is 23.6 Å². The fraction of sp³-hybridized carbons (Fsp3) is 0.238. The minimum absolute atomic E-state index is 0.199. The highest BCUT2D eigenvalue weighted by atomic mass is 16.1. The summed E-state index contributed by atoms with van der Waals surface area (Å²) in [7, 11) is 0. The van der Waals surface area contributed by atoms with Gasteiger partial charge in [-0.15, -0.1) is 5.10 Å². The molecule has 0 saturated heterocycles. The fourth-order valence-corrected chi connectivity index (χ4v) is 3.31. The first-order chi connectivity index (χ1) is 13.4. The molecule has 0 atom stereocenters. The van der Waals surface area contributed by atoms with Gasteiger partial charge < -0.3 is 5.32 Å². The lowest BCUT2D eigenvalue weighted by molar-refractivity contribution is 0.102. The Morgan fingerprint density at radius 2 is 1.64 bits per heavy atom. The van der Waals surface area contributed by atoms with Crippen LogP contribution in [0.2, 0.25) is 0 Å². The van der Waals surface area contributed by atoms with Crippen molar-refractivity contribution in [3.05, 3.63) is 76.4 Å². The number of fused-ring (bicyclic) bond motifs is 1. The molecule has 0 saturated carbocycles. The maximum atomic E-state index is 12.6. The Bertz CT molecular complexity index is 1170. The van der Waals surface area contributed by atoms with Crippen molar-refractivity contribution in [1.29, 1.82) is 0 Å². The maximum absolute atomic E-state index is 12.6. The van der Waals surface area contributed by atoms with Crippen molar-refractivity contribution < 1.29 is 4.79 Å². The topological polar surface area (TPSA) is 77.1 Å². The first kappa shape index (κ1) is 17.9. The number of rotatable bonds is 4. The maximum Gasteiger partial charge on any atom is 0.256 e. The second kappa shape index (κ2) is 6.92. The van der Waals surface area contributed by atoms with Crippen molar-refractivity contribution in [2.45, 2.75) is 34.2 Å². The lowest BCUT2D eigenvalue weighted by atomic mass is 10.1. The third kappa shape index (κ3) is 3.51. The molecule has 7 nitrogen and oxygen atoms in total. The summed E-state index contributed by atoms with van der Waals surface area (Å²) in [5.41, 5.74) is 6.39. The molecule has 4 rings (SSSR count). The van der Waals surface area contributed by atoms with Gasteiger partial charge in [0.15, 0.2) is 11.5 Å². The molecule has 7 heteroatoms. The Balaban J connectivity index is 1.49. The molecule has 0 spiro atoms. The molecular weight excluding hydrogens is 352 g/mol. The Hall–Kier alpha value is -3.48. The number of hydrogen-bond acceptors (Lipinski definition) is 4. The van der Waals surface area contributed by atoms with Crippen LogP contribution in [0.5, 0.6) is 0 Å². The van der Waals surface area contributed by atoms with Gasteiger partial charge in [0.05, 0.1) is 12.2 Å². The minimum atomic E-state index is -0.199. The first-order valence-corrected chi connectivity index (χ1v) is 9.14. The molecule has 3 heterocycles. The number of aryl methyl sites for hydroxylation is 4. The SMILES string of the molecule is Cc1cc(C)n2nc(NC(=O)c3ccc(Cn4nc(C)cc4C)cc3)cc2n1. The van der Waals surface area contributed by atoms with E-state index < -0.39 is 0 Å². The van der Waals surface area contributed by atoms with Crippen LogP contribution in [0.15, 0.2) is 42.5 Å². The molecule has 1 amide bonds. The van der Waals surface area contributed by atoms with Crippen molar-refractivity contribution >= 4 is 17.4 Å². The molecule has 142 valence electrons. The second-order valence-corrected chi connectivity index (χ2v) is 7.07. The van der Waals surface area contributed by atoms with Gasteiger partial charge in [-0.1, -0.05) is 12.1 Å². The lowest BCUT2D eigenvalue weighted by Crippen LogP contribution is -2.12. The smallest absolute Gasteiger partial charge is 0.256 e. The predicted molar refractivity (Wildman–Crippen MR) is 108 cm³/mol. The summed E-state index contributed by atoms with van der Waals surface area (Å²) < 4.78 is 3.68. The average molecular weight is 374 g/mol. The monoisotopic (exact) mass is 374 g/mol. The largest absolute Gasteiger partial charge is 0.305 e. The highest BCUT2D eigenvalue weighted by Crippen LogP contribution is 2.14. The summed E-state index contributed by atoms with van der Waals surface area (Å²) in [6.07, 6.45) is 0. The zero-order valence-electron chi connectivity index (χ0n) is 16.4. The van der Waals surface area contributed by atoms with Crippen LogP contribution in [-0.4, -0.2) is 30.3 Å². The number of aromatic nitrogens is 5. The third-order valence-electron chi connectivity index (χ3n) is 4.63. The zero-order chi connectivity index (χ0) is 19.8. The van der Waals surface area contributed by atoms with E-state index in [1.54, 1.807) is 10.6 Å². The highest BCUT2D eigenvalue weighted by molar-refractivity contribution is 6.04. The molecule has 3 aromatic heterocycles. The molecule has 0 aliphatic heterocycles. The predicted octanol–water partition coefficient (Wildman–Crippen LogP) is 3.46. The molecule has 28 heavy (non-hydrogen) atoms. The van der Waals surface area contributed by atoms with E-state index in [1.807, 2.05) is 62.7 Å². The summed E-state index contributed by atoms with van der Waals surface area (Å²) in [6, 6.07) is 13.3. The van der Waals surface area contributed by atoms with Crippen LogP contribution < -0.4 is 5.32 Å². The molecule has 0 unspecified atom stereocenters. The van der Waals surface area contributed by atoms with Gasteiger partial charge in [0.25, 0.3) is 5.91 Å². The summed E-state index contributed by atoms with van der Waals surface area (Å²) >= 11 is 0. The Kier molecular flexibility index (Phi) is 4.43. The van der Waals surface area contributed by atoms with Crippen LogP contribution in [0.3, 0.4) is 0 Å². The van der Waals surface area contributed by atoms with E-state index in [1.165, 1.54) is 0 Å². The zero-order valence-corrected chi connectivity index (χ0v) is 16.4. The molecule has 4 aromatic rings. The molecule has 0 bridgehead atoms. The normalized spacial score (nSPS) is 11.1. The second-order valence-electron chi connectivity index (χ2n) is 7.07. The average Bonchev–Trinajstić information content (AvgIpc) is 3.17. The van der Waals surface area contributed by atoms with Gasteiger partial charge in [-0.05, 0) is 57.5 Å². The quantitative estimate of drug-likeness (QED) is 0.593. The van der Waals surface area contributed by atoms with Gasteiger partial charge in [-0.2, -0.15) is 5.10 Å². The van der Waals surface area contributed by atoms with Crippen molar-refractivity contribution in [2.24, 2.45) is 0 Å². The molecule has 0 radical (unpaired) electrons. The van der Waals surface area contributed by atoms with Crippen LogP contribution in [0.1, 0.15) is 38.7 Å². The van der Waals surface area contributed by atoms with Crippen LogP contribution in [0.25, 0.3) is 5.65 Å².